The number of alkyl halides is 3. The van der Waals surface area contributed by atoms with Crippen LogP contribution in [0.25, 0.3) is 0 Å². The lowest BCUT2D eigenvalue weighted by Crippen LogP contribution is -2.35. The smallest absolute Gasteiger partial charge is 0.382 e. The number of hydrogen-bond acceptors (Lipinski definition) is 5. The Kier molecular flexibility index (Phi) is 4.61. The van der Waals surface area contributed by atoms with Crippen molar-refractivity contribution >= 4 is 28.2 Å². The predicted octanol–water partition coefficient (Wildman–Crippen LogP) is 1.86. The number of nitrogens with zero attached hydrogens (tertiary/aromatic N) is 2. The average Bonchev–Trinajstić information content (AvgIpc) is 2.57. The van der Waals surface area contributed by atoms with Gasteiger partial charge in [-0.2, -0.15) is 13.2 Å². The maximum Gasteiger partial charge on any atom is 0.391 e. The third-order valence-corrected chi connectivity index (χ3v) is 3.38. The number of carbonyl (C=O) groups excluding carboxylic acids is 1. The van der Waals surface area contributed by atoms with Gasteiger partial charge in [0.25, 0.3) is 5.91 Å². The molecule has 0 bridgehead atoms. The topological polar surface area (TPSA) is 71.2 Å². The van der Waals surface area contributed by atoms with Crippen molar-refractivity contribution in [1.29, 1.82) is 0 Å². The Bertz CT molecular complexity index is 458. The first-order valence-corrected chi connectivity index (χ1v) is 6.23. The molecule has 0 saturated heterocycles. The number of hydrogen-bond donors (Lipinski definition) is 2. The number of rotatable bonds is 4. The number of amides is 1. The van der Waals surface area contributed by atoms with Crippen molar-refractivity contribution in [3.63, 3.8) is 0 Å². The van der Waals surface area contributed by atoms with Gasteiger partial charge >= 0.3 is 6.18 Å². The molecule has 1 aromatic heterocycles. The summed E-state index contributed by atoms with van der Waals surface area (Å²) in [7, 11) is 3.46. The molecular weight excluding hydrogens is 281 g/mol. The molecule has 0 saturated carbocycles. The molecule has 108 valence electrons. The monoisotopic (exact) mass is 296 g/mol. The first kappa shape index (κ1) is 15.5. The van der Waals surface area contributed by atoms with E-state index in [-0.39, 0.29) is 10.7 Å². The number of aromatic nitrogens is 1. The first-order valence-electron chi connectivity index (χ1n) is 5.41. The molecule has 0 fully saturated rings. The summed E-state index contributed by atoms with van der Waals surface area (Å²) in [5.41, 5.74) is 5.57. The quantitative estimate of drug-likeness (QED) is 0.889. The summed E-state index contributed by atoms with van der Waals surface area (Å²) in [6.45, 7) is 1.29. The van der Waals surface area contributed by atoms with Crippen LogP contribution in [0.4, 0.5) is 24.1 Å². The number of carbonyl (C=O) groups is 1. The number of thiazole rings is 1. The van der Waals surface area contributed by atoms with Gasteiger partial charge < -0.3 is 16.0 Å². The van der Waals surface area contributed by atoms with Crippen molar-refractivity contribution in [3.8, 4) is 0 Å². The lowest BCUT2D eigenvalue weighted by atomic mass is 10.2. The summed E-state index contributed by atoms with van der Waals surface area (Å²) in [5, 5.41) is 2.78. The van der Waals surface area contributed by atoms with Gasteiger partial charge in [0.05, 0.1) is 6.42 Å². The number of nitrogen functional groups attached to an aromatic ring is 1. The van der Waals surface area contributed by atoms with Gasteiger partial charge in [-0.3, -0.25) is 4.79 Å². The van der Waals surface area contributed by atoms with Crippen LogP contribution in [0.15, 0.2) is 0 Å². The standard InChI is InChI=1S/C10H15F3N4OS/c1-5(4-10(11,12)13)15-8(18)6-7(14)16-9(19-6)17(2)3/h5H,4,14H2,1-3H3,(H,15,18). The number of nitrogens with two attached hydrogens (primary N) is 1. The third-order valence-electron chi connectivity index (χ3n) is 2.15. The van der Waals surface area contributed by atoms with Crippen LogP contribution in [-0.2, 0) is 0 Å². The molecule has 1 heterocycles. The molecule has 1 atom stereocenters. The molecular formula is C10H15F3N4OS. The molecule has 9 heteroatoms. The number of nitrogens with one attached hydrogen (secondary N) is 1. The zero-order valence-corrected chi connectivity index (χ0v) is 11.5. The van der Waals surface area contributed by atoms with Crippen LogP contribution in [0, 0.1) is 0 Å². The van der Waals surface area contributed by atoms with E-state index in [9.17, 15) is 18.0 Å². The zero-order chi connectivity index (χ0) is 14.8. The second-order valence-electron chi connectivity index (χ2n) is 4.30. The van der Waals surface area contributed by atoms with Gasteiger partial charge in [-0.1, -0.05) is 11.3 Å². The third kappa shape index (κ3) is 4.58. The Balaban J connectivity index is 2.73. The largest absolute Gasteiger partial charge is 0.391 e. The molecule has 3 N–H and O–H groups in total. The van der Waals surface area contributed by atoms with Gasteiger partial charge in [-0.25, -0.2) is 4.98 Å². The van der Waals surface area contributed by atoms with E-state index in [2.05, 4.69) is 10.3 Å². The van der Waals surface area contributed by atoms with Gasteiger partial charge in [-0.15, -0.1) is 0 Å². The van der Waals surface area contributed by atoms with Crippen molar-refractivity contribution in [2.45, 2.75) is 25.6 Å². The van der Waals surface area contributed by atoms with Crippen molar-refractivity contribution in [3.05, 3.63) is 4.88 Å². The second-order valence-corrected chi connectivity index (χ2v) is 5.28. The van der Waals surface area contributed by atoms with E-state index in [0.29, 0.717) is 5.13 Å². The van der Waals surface area contributed by atoms with Crippen LogP contribution < -0.4 is 16.0 Å². The van der Waals surface area contributed by atoms with Gasteiger partial charge in [0.15, 0.2) is 5.13 Å². The summed E-state index contributed by atoms with van der Waals surface area (Å²) in [4.78, 5) is 17.5. The van der Waals surface area contributed by atoms with Gasteiger partial charge in [0.2, 0.25) is 0 Å². The van der Waals surface area contributed by atoms with Crippen molar-refractivity contribution in [2.24, 2.45) is 0 Å². The first-order chi connectivity index (χ1) is 8.60. The Hall–Kier alpha value is -1.51. The number of anilines is 2. The highest BCUT2D eigenvalue weighted by Crippen LogP contribution is 2.27. The van der Waals surface area contributed by atoms with E-state index in [1.165, 1.54) is 6.92 Å². The van der Waals surface area contributed by atoms with Crippen LogP contribution in [0.2, 0.25) is 0 Å². The fraction of sp³-hybridized carbons (Fsp3) is 0.600. The minimum Gasteiger partial charge on any atom is -0.382 e. The second kappa shape index (κ2) is 5.64. The average molecular weight is 296 g/mol. The highest BCUT2D eigenvalue weighted by atomic mass is 32.1. The maximum atomic E-state index is 12.2. The van der Waals surface area contributed by atoms with Crippen LogP contribution in [0.3, 0.4) is 0 Å². The Morgan fingerprint density at radius 2 is 2.11 bits per heavy atom. The molecule has 0 aliphatic rings. The molecule has 0 aromatic carbocycles. The molecule has 19 heavy (non-hydrogen) atoms. The lowest BCUT2D eigenvalue weighted by Gasteiger charge is -2.15. The molecule has 0 radical (unpaired) electrons. The summed E-state index contributed by atoms with van der Waals surface area (Å²) >= 11 is 1.03. The Morgan fingerprint density at radius 3 is 2.53 bits per heavy atom. The maximum absolute atomic E-state index is 12.2. The molecule has 1 rings (SSSR count). The highest BCUT2D eigenvalue weighted by molar-refractivity contribution is 7.18. The normalized spacial score (nSPS) is 13.2. The minimum atomic E-state index is -4.32. The van der Waals surface area contributed by atoms with Crippen molar-refractivity contribution in [2.75, 3.05) is 24.7 Å². The minimum absolute atomic E-state index is 0.0189. The molecule has 0 spiro atoms. The predicted molar refractivity (Wildman–Crippen MR) is 68.5 cm³/mol. The summed E-state index contributed by atoms with van der Waals surface area (Å²) in [5.74, 6) is -0.620. The van der Waals surface area contributed by atoms with E-state index in [4.69, 9.17) is 5.73 Å². The Labute approximate surface area is 112 Å². The molecule has 1 aromatic rings. The molecule has 5 nitrogen and oxygen atoms in total. The zero-order valence-electron chi connectivity index (χ0n) is 10.7. The van der Waals surface area contributed by atoms with Crippen molar-refractivity contribution < 1.29 is 18.0 Å². The molecule has 0 aliphatic carbocycles. The van der Waals surface area contributed by atoms with Crippen LogP contribution in [-0.4, -0.2) is 37.2 Å². The summed E-state index contributed by atoms with van der Waals surface area (Å²) in [6.07, 6.45) is -5.40. The van der Waals surface area contributed by atoms with Crippen LogP contribution in [0.5, 0.6) is 0 Å². The van der Waals surface area contributed by atoms with E-state index in [0.717, 1.165) is 11.3 Å². The SMILES string of the molecule is CC(CC(F)(F)F)NC(=O)c1sc(N(C)C)nc1N. The number of halogens is 3. The van der Waals surface area contributed by atoms with E-state index in [1.807, 2.05) is 0 Å². The van der Waals surface area contributed by atoms with Gasteiger partial charge in [0.1, 0.15) is 10.7 Å². The van der Waals surface area contributed by atoms with Crippen LogP contribution >= 0.6 is 11.3 Å². The van der Waals surface area contributed by atoms with Gasteiger partial charge in [-0.05, 0) is 6.92 Å². The molecule has 0 aliphatic heterocycles. The van der Waals surface area contributed by atoms with E-state index >= 15 is 0 Å². The summed E-state index contributed by atoms with van der Waals surface area (Å²) < 4.78 is 36.5. The highest BCUT2D eigenvalue weighted by Gasteiger charge is 2.31. The van der Waals surface area contributed by atoms with E-state index in [1.54, 1.807) is 19.0 Å². The molecule has 1 amide bonds. The van der Waals surface area contributed by atoms with Crippen LogP contribution in [0.1, 0.15) is 23.0 Å². The fourth-order valence-corrected chi connectivity index (χ4v) is 2.17. The van der Waals surface area contributed by atoms with Gasteiger partial charge in [0, 0.05) is 20.1 Å². The lowest BCUT2D eigenvalue weighted by molar-refractivity contribution is -0.138. The van der Waals surface area contributed by atoms with E-state index < -0.39 is 24.5 Å². The Morgan fingerprint density at radius 1 is 1.53 bits per heavy atom. The van der Waals surface area contributed by atoms with Crippen molar-refractivity contribution in [1.82, 2.24) is 10.3 Å². The fourth-order valence-electron chi connectivity index (χ4n) is 1.36. The molecule has 1 unspecified atom stereocenters. The summed E-state index contributed by atoms with van der Waals surface area (Å²) in [6, 6.07) is -1.02.